The van der Waals surface area contributed by atoms with Gasteiger partial charge in [0.05, 0.1) is 26.2 Å². The summed E-state index contributed by atoms with van der Waals surface area (Å²) < 4.78 is 0. The predicted octanol–water partition coefficient (Wildman–Crippen LogP) is 8.77. The van der Waals surface area contributed by atoms with Gasteiger partial charge in [0, 0.05) is 74.6 Å². The first-order valence-electron chi connectivity index (χ1n) is 25.5. The van der Waals surface area contributed by atoms with Crippen molar-refractivity contribution in [3.63, 3.8) is 0 Å². The summed E-state index contributed by atoms with van der Waals surface area (Å²) >= 11 is 2.93. The summed E-state index contributed by atoms with van der Waals surface area (Å²) in [6.45, 7) is 4.33. The molecule has 2 saturated heterocycles. The Morgan fingerprint density at radius 3 is 1.46 bits per heavy atom. The monoisotopic (exact) mass is 1010 g/mol. The van der Waals surface area contributed by atoms with Crippen molar-refractivity contribution in [1.82, 2.24) is 40.3 Å². The van der Waals surface area contributed by atoms with Crippen molar-refractivity contribution in [2.45, 2.75) is 121 Å². The summed E-state index contributed by atoms with van der Waals surface area (Å²) in [6, 6.07) is 23.4. The molecule has 6 heterocycles. The van der Waals surface area contributed by atoms with Crippen molar-refractivity contribution >= 4 is 81.6 Å². The maximum Gasteiger partial charge on any atom is 0.227 e. The molecule has 13 rings (SSSR count). The Hall–Kier alpha value is -6.22. The van der Waals surface area contributed by atoms with Crippen LogP contribution < -0.4 is 31.1 Å². The molecule has 374 valence electrons. The molecule has 5 saturated carbocycles. The van der Waals surface area contributed by atoms with Crippen LogP contribution in [0.2, 0.25) is 0 Å². The molecule has 0 atom stereocenters. The third kappa shape index (κ3) is 11.1. The third-order valence-corrected chi connectivity index (χ3v) is 16.5. The van der Waals surface area contributed by atoms with Crippen LogP contribution >= 0.6 is 23.5 Å². The van der Waals surface area contributed by atoms with Gasteiger partial charge in [0.15, 0.2) is 21.9 Å². The molecule has 7 aliphatic rings. The first-order valence-corrected chi connectivity index (χ1v) is 27.1. The van der Waals surface area contributed by atoms with Gasteiger partial charge in [-0.2, -0.15) is 10.2 Å². The molecule has 0 radical (unpaired) electrons. The number of carbonyl (C=O) groups excluding carboxylic acids is 2. The van der Waals surface area contributed by atoms with E-state index in [1.165, 1.54) is 36.4 Å². The maximum atomic E-state index is 12.4. The quantitative estimate of drug-likeness (QED) is 0.0399. The van der Waals surface area contributed by atoms with E-state index >= 15 is 0 Å². The van der Waals surface area contributed by atoms with Crippen molar-refractivity contribution in [2.24, 2.45) is 23.7 Å². The zero-order chi connectivity index (χ0) is 49.0. The van der Waals surface area contributed by atoms with Crippen LogP contribution in [0.4, 0.5) is 46.3 Å². The summed E-state index contributed by atoms with van der Waals surface area (Å²) in [6.07, 6.45) is 13.1. The van der Waals surface area contributed by atoms with Gasteiger partial charge in [-0.3, -0.25) is 19.8 Å². The van der Waals surface area contributed by atoms with Crippen molar-refractivity contribution in [3.05, 3.63) is 84.2 Å². The number of aromatic nitrogens is 8. The Balaban J connectivity index is 0.000000147. The molecule has 4 aromatic heterocycles. The molecule has 18 nitrogen and oxygen atoms in total. The molecule has 2 aliphatic heterocycles. The Kier molecular flexibility index (Phi) is 12.6. The van der Waals surface area contributed by atoms with Crippen LogP contribution in [0.1, 0.15) is 94.4 Å². The van der Waals surface area contributed by atoms with Gasteiger partial charge in [0.1, 0.15) is 34.5 Å². The molecular weight excluding hydrogens is 949 g/mol. The van der Waals surface area contributed by atoms with Crippen molar-refractivity contribution in [2.75, 3.05) is 57.2 Å². The van der Waals surface area contributed by atoms with Gasteiger partial charge in [-0.15, -0.1) is 0 Å². The lowest BCUT2D eigenvalue weighted by atomic mass is 9.89. The minimum Gasteiger partial charge on any atom is -0.386 e. The van der Waals surface area contributed by atoms with E-state index in [1.807, 2.05) is 73.7 Å². The van der Waals surface area contributed by atoms with Crippen LogP contribution in [0.3, 0.4) is 0 Å². The molecular formula is C52H60N14O4S2. The van der Waals surface area contributed by atoms with E-state index in [0.717, 1.165) is 114 Å². The normalized spacial score (nSPS) is 19.9. The number of nitrogens with one attached hydrogen (secondary N) is 6. The van der Waals surface area contributed by atoms with Gasteiger partial charge in [-0.25, -0.2) is 19.9 Å². The SMILES string of the molecule is Cc1cc(Nc2cc(N3CC(O)(C4CC4)C3)nc(Sc3ccc(NC(=O)C4CCCC4)cc3)n2)n[nH]1.O=C(Nc1ccc(Sc2nc(Nc3cc(C4CC4)[nH]n3)cc(N3CC(O)(C4CC4)C3)n2)cc1)C1CC1. The first kappa shape index (κ1) is 46.8. The number of carbonyl (C=O) groups is 2. The molecule has 8 N–H and O–H groups in total. The molecule has 20 heteroatoms. The average molecular weight is 1010 g/mol. The summed E-state index contributed by atoms with van der Waals surface area (Å²) in [5.41, 5.74) is 2.55. The highest BCUT2D eigenvalue weighted by Gasteiger charge is 2.53. The van der Waals surface area contributed by atoms with Gasteiger partial charge in [0.25, 0.3) is 0 Å². The number of hydrogen-bond donors (Lipinski definition) is 8. The standard InChI is InChI=1S/C26H29N7O2S.C26H31N7O2S/c34-24(16-3-4-16)27-18-7-9-19(10-8-18)36-25-29-21(28-22-11-20(31-32-22)15-1-2-15)12-23(30-25)33-13-26(35,14-33)17-5-6-17;1-16-12-22(32-31-16)28-21-13-23(33-14-26(35,15-33)18-6-7-18)30-25(29-21)36-20-10-8-19(9-11-20)27-24(34)17-4-2-3-5-17/h7-12,15-17,35H,1-6,13-14H2,(H,27,34)(H2,28,29,30,31,32);8-13,17-18,35H,2-7,14-15H2,1H3,(H,27,34)(H2,28,29,30,31,32). The highest BCUT2D eigenvalue weighted by atomic mass is 32.2. The number of amides is 2. The Morgan fingerprint density at radius 2 is 1.03 bits per heavy atom. The molecule has 2 aromatic carbocycles. The Labute approximate surface area is 426 Å². The fraction of sp³-hybridized carbons (Fsp3) is 0.462. The van der Waals surface area contributed by atoms with E-state index in [9.17, 15) is 19.8 Å². The second kappa shape index (κ2) is 19.3. The zero-order valence-corrected chi connectivity index (χ0v) is 41.9. The van der Waals surface area contributed by atoms with Crippen LogP contribution in [-0.2, 0) is 9.59 Å². The second-order valence-corrected chi connectivity index (χ2v) is 23.0. The maximum absolute atomic E-state index is 12.4. The largest absolute Gasteiger partial charge is 0.386 e. The molecule has 0 bridgehead atoms. The lowest BCUT2D eigenvalue weighted by Gasteiger charge is -2.47. The molecule has 2 amide bonds. The van der Waals surface area contributed by atoms with Gasteiger partial charge >= 0.3 is 0 Å². The van der Waals surface area contributed by atoms with E-state index in [0.29, 0.717) is 71.7 Å². The summed E-state index contributed by atoms with van der Waals surface area (Å²) in [7, 11) is 0. The van der Waals surface area contributed by atoms with Crippen molar-refractivity contribution in [1.29, 1.82) is 0 Å². The number of anilines is 8. The van der Waals surface area contributed by atoms with Gasteiger partial charge in [-0.05, 0) is 155 Å². The lowest BCUT2D eigenvalue weighted by molar-refractivity contribution is -0.119. The molecule has 5 aliphatic carbocycles. The smallest absolute Gasteiger partial charge is 0.227 e. The Bertz CT molecular complexity index is 2930. The number of hydrogen-bond acceptors (Lipinski definition) is 16. The summed E-state index contributed by atoms with van der Waals surface area (Å²) in [5.74, 6) is 6.31. The van der Waals surface area contributed by atoms with Gasteiger partial charge < -0.3 is 41.3 Å². The number of aryl methyl sites for hydroxylation is 1. The van der Waals surface area contributed by atoms with Crippen LogP contribution in [0.15, 0.2) is 92.9 Å². The number of benzene rings is 2. The van der Waals surface area contributed by atoms with E-state index < -0.39 is 11.2 Å². The number of aromatic amines is 2. The van der Waals surface area contributed by atoms with E-state index in [4.69, 9.17) is 19.9 Å². The molecule has 0 unspecified atom stereocenters. The highest BCUT2D eigenvalue weighted by molar-refractivity contribution is 7.99. The van der Waals surface area contributed by atoms with E-state index in [-0.39, 0.29) is 23.7 Å². The fourth-order valence-corrected chi connectivity index (χ4v) is 11.4. The number of nitrogens with zero attached hydrogens (tertiary/aromatic N) is 8. The summed E-state index contributed by atoms with van der Waals surface area (Å²) in [4.78, 5) is 49.7. The summed E-state index contributed by atoms with van der Waals surface area (Å²) in [5, 5.41) is 50.2. The number of β-amino-alcohol motifs (C(OH)–C–C–N with tert-alkyl or cyclic N) is 2. The molecule has 6 aromatic rings. The van der Waals surface area contributed by atoms with Crippen LogP contribution in [-0.4, -0.2) is 99.7 Å². The van der Waals surface area contributed by atoms with Crippen molar-refractivity contribution < 1.29 is 19.8 Å². The number of rotatable bonds is 17. The van der Waals surface area contributed by atoms with Crippen LogP contribution in [0.25, 0.3) is 0 Å². The molecule has 72 heavy (non-hydrogen) atoms. The molecule has 0 spiro atoms. The minimum absolute atomic E-state index is 0.103. The number of H-pyrrole nitrogens is 2. The van der Waals surface area contributed by atoms with E-state index in [1.54, 1.807) is 0 Å². The first-order chi connectivity index (χ1) is 34.9. The fourth-order valence-electron chi connectivity index (χ4n) is 9.87. The third-order valence-electron chi connectivity index (χ3n) is 14.7. The zero-order valence-electron chi connectivity index (χ0n) is 40.2. The van der Waals surface area contributed by atoms with Gasteiger partial charge in [-0.1, -0.05) is 12.8 Å². The lowest BCUT2D eigenvalue weighted by Crippen LogP contribution is -2.63. The van der Waals surface area contributed by atoms with Crippen molar-refractivity contribution in [3.8, 4) is 0 Å². The second-order valence-electron chi connectivity index (χ2n) is 20.9. The van der Waals surface area contributed by atoms with Gasteiger partial charge in [0.2, 0.25) is 11.8 Å². The highest BCUT2D eigenvalue weighted by Crippen LogP contribution is 2.47. The number of aliphatic hydroxyl groups is 2. The molecule has 7 fully saturated rings. The van der Waals surface area contributed by atoms with Crippen LogP contribution in [0, 0.1) is 30.6 Å². The minimum atomic E-state index is -0.593. The van der Waals surface area contributed by atoms with Crippen LogP contribution in [0.5, 0.6) is 0 Å². The predicted molar refractivity (Wildman–Crippen MR) is 277 cm³/mol. The van der Waals surface area contributed by atoms with E-state index in [2.05, 4.69) is 57.5 Å². The Morgan fingerprint density at radius 1 is 0.569 bits per heavy atom. The topological polar surface area (TPSA) is 238 Å². The average Bonchev–Trinajstić information content (AvgIpc) is 4.13.